The van der Waals surface area contributed by atoms with E-state index in [0.717, 1.165) is 5.56 Å². The molecule has 2 N–H and O–H groups in total. The second-order valence-electron chi connectivity index (χ2n) is 3.19. The quantitative estimate of drug-likeness (QED) is 0.779. The largest absolute Gasteiger partial charge is 0.480 e. The third-order valence-electron chi connectivity index (χ3n) is 1.86. The summed E-state index contributed by atoms with van der Waals surface area (Å²) in [6.45, 7) is 3.28. The second-order valence-corrected chi connectivity index (χ2v) is 3.19. The Kier molecular flexibility index (Phi) is 3.06. The maximum Gasteiger partial charge on any atom is 0.325 e. The molecule has 0 radical (unpaired) electrons. The zero-order valence-electron chi connectivity index (χ0n) is 8.04. The molecule has 0 aliphatic heterocycles. The number of hydrogen-bond donors (Lipinski definition) is 2. The topological polar surface area (TPSA) is 49.3 Å². The van der Waals surface area contributed by atoms with Crippen LogP contribution in [0.1, 0.15) is 12.5 Å². The molecule has 0 amide bonds. The number of aryl methyl sites for hydroxylation is 1. The Hall–Kier alpha value is -1.58. The molecule has 0 aromatic heterocycles. The molecule has 0 bridgehead atoms. The Labute approximate surface area is 81.6 Å². The monoisotopic (exact) mass is 197 g/mol. The summed E-state index contributed by atoms with van der Waals surface area (Å²) in [5.41, 5.74) is 1.10. The summed E-state index contributed by atoms with van der Waals surface area (Å²) < 4.78 is 13.1. The summed E-state index contributed by atoms with van der Waals surface area (Å²) in [6, 6.07) is 3.72. The molecule has 0 heterocycles. The van der Waals surface area contributed by atoms with Crippen molar-refractivity contribution in [2.75, 3.05) is 5.32 Å². The van der Waals surface area contributed by atoms with Gasteiger partial charge < -0.3 is 10.4 Å². The zero-order valence-corrected chi connectivity index (χ0v) is 8.04. The van der Waals surface area contributed by atoms with Gasteiger partial charge in [-0.3, -0.25) is 4.79 Å². The smallest absolute Gasteiger partial charge is 0.325 e. The molecular weight excluding hydrogens is 185 g/mol. The molecule has 1 aromatic carbocycles. The van der Waals surface area contributed by atoms with E-state index in [0.29, 0.717) is 0 Å². The van der Waals surface area contributed by atoms with Gasteiger partial charge >= 0.3 is 5.97 Å². The van der Waals surface area contributed by atoms with Crippen LogP contribution in [0.5, 0.6) is 0 Å². The number of nitrogens with one attached hydrogen (secondary N) is 1. The number of aliphatic carboxylic acids is 1. The fourth-order valence-electron chi connectivity index (χ4n) is 1.04. The Morgan fingerprint density at radius 2 is 2.21 bits per heavy atom. The predicted molar refractivity (Wildman–Crippen MR) is 51.9 cm³/mol. The molecule has 0 spiro atoms. The summed E-state index contributed by atoms with van der Waals surface area (Å²) in [6.07, 6.45) is 0. The standard InChI is InChI=1S/C10H12FNO2/c1-6-3-4-8(11)9(5-6)12-7(2)10(13)14/h3-5,7,12H,1-2H3,(H,13,14). The van der Waals surface area contributed by atoms with Gasteiger partial charge in [0, 0.05) is 0 Å². The molecule has 1 atom stereocenters. The summed E-state index contributed by atoms with van der Waals surface area (Å²) in [5.74, 6) is -1.45. The number of carboxylic acids is 1. The Morgan fingerprint density at radius 1 is 1.57 bits per heavy atom. The Bertz CT molecular complexity index is 352. The van der Waals surface area contributed by atoms with Crippen LogP contribution < -0.4 is 5.32 Å². The molecule has 0 aliphatic carbocycles. The minimum atomic E-state index is -1.01. The molecule has 1 aromatic rings. The minimum Gasteiger partial charge on any atom is -0.480 e. The van der Waals surface area contributed by atoms with E-state index in [1.165, 1.54) is 13.0 Å². The fourth-order valence-corrected chi connectivity index (χ4v) is 1.04. The number of halogens is 1. The van der Waals surface area contributed by atoms with Crippen molar-refractivity contribution >= 4 is 11.7 Å². The van der Waals surface area contributed by atoms with Crippen LogP contribution in [0.25, 0.3) is 0 Å². The van der Waals surface area contributed by atoms with Crippen LogP contribution in [0.15, 0.2) is 18.2 Å². The van der Waals surface area contributed by atoms with Gasteiger partial charge in [0.25, 0.3) is 0 Å². The number of rotatable bonds is 3. The Morgan fingerprint density at radius 3 is 2.79 bits per heavy atom. The number of carboxylic acid groups (broad SMARTS) is 1. The van der Waals surface area contributed by atoms with Crippen molar-refractivity contribution in [2.45, 2.75) is 19.9 Å². The van der Waals surface area contributed by atoms with Gasteiger partial charge in [-0.25, -0.2) is 4.39 Å². The lowest BCUT2D eigenvalue weighted by Crippen LogP contribution is -2.25. The van der Waals surface area contributed by atoms with Crippen molar-refractivity contribution in [3.05, 3.63) is 29.6 Å². The highest BCUT2D eigenvalue weighted by molar-refractivity contribution is 5.76. The molecular formula is C10H12FNO2. The van der Waals surface area contributed by atoms with Crippen molar-refractivity contribution in [1.29, 1.82) is 0 Å². The fraction of sp³-hybridized carbons (Fsp3) is 0.300. The maximum atomic E-state index is 13.1. The van der Waals surface area contributed by atoms with Crippen LogP contribution in [0.3, 0.4) is 0 Å². The molecule has 0 saturated heterocycles. The normalized spacial score (nSPS) is 12.2. The summed E-state index contributed by atoms with van der Waals surface area (Å²) >= 11 is 0. The van der Waals surface area contributed by atoms with Gasteiger partial charge in [-0.1, -0.05) is 6.07 Å². The van der Waals surface area contributed by atoms with E-state index in [9.17, 15) is 9.18 Å². The van der Waals surface area contributed by atoms with Crippen molar-refractivity contribution < 1.29 is 14.3 Å². The maximum absolute atomic E-state index is 13.1. The molecule has 76 valence electrons. The highest BCUT2D eigenvalue weighted by Crippen LogP contribution is 2.16. The lowest BCUT2D eigenvalue weighted by atomic mass is 10.2. The summed E-state index contributed by atoms with van der Waals surface area (Å²) in [5, 5.41) is 11.2. The number of carbonyl (C=O) groups is 1. The van der Waals surface area contributed by atoms with Gasteiger partial charge in [0.1, 0.15) is 11.9 Å². The molecule has 14 heavy (non-hydrogen) atoms. The van der Waals surface area contributed by atoms with E-state index in [-0.39, 0.29) is 5.69 Å². The van der Waals surface area contributed by atoms with E-state index in [2.05, 4.69) is 5.32 Å². The van der Waals surface area contributed by atoms with E-state index in [1.807, 2.05) is 6.92 Å². The van der Waals surface area contributed by atoms with Gasteiger partial charge in [-0.05, 0) is 31.5 Å². The third-order valence-corrected chi connectivity index (χ3v) is 1.86. The van der Waals surface area contributed by atoms with Crippen LogP contribution >= 0.6 is 0 Å². The van der Waals surface area contributed by atoms with Crippen LogP contribution in [0, 0.1) is 12.7 Å². The first-order chi connectivity index (χ1) is 6.50. The first kappa shape index (κ1) is 10.5. The van der Waals surface area contributed by atoms with Crippen LogP contribution in [0.2, 0.25) is 0 Å². The number of hydrogen-bond acceptors (Lipinski definition) is 2. The van der Waals surface area contributed by atoms with Gasteiger partial charge in [0.2, 0.25) is 0 Å². The number of anilines is 1. The van der Waals surface area contributed by atoms with E-state index in [4.69, 9.17) is 5.11 Å². The van der Waals surface area contributed by atoms with E-state index >= 15 is 0 Å². The van der Waals surface area contributed by atoms with Crippen molar-refractivity contribution in [3.63, 3.8) is 0 Å². The number of benzene rings is 1. The van der Waals surface area contributed by atoms with Crippen LogP contribution in [-0.2, 0) is 4.79 Å². The molecule has 1 rings (SSSR count). The lowest BCUT2D eigenvalue weighted by molar-refractivity contribution is -0.137. The average molecular weight is 197 g/mol. The highest BCUT2D eigenvalue weighted by Gasteiger charge is 2.12. The zero-order chi connectivity index (χ0) is 10.7. The van der Waals surface area contributed by atoms with Crippen LogP contribution in [-0.4, -0.2) is 17.1 Å². The lowest BCUT2D eigenvalue weighted by Gasteiger charge is -2.11. The van der Waals surface area contributed by atoms with E-state index in [1.54, 1.807) is 12.1 Å². The van der Waals surface area contributed by atoms with Crippen molar-refractivity contribution in [2.24, 2.45) is 0 Å². The average Bonchev–Trinajstić information content (AvgIpc) is 2.11. The molecule has 3 nitrogen and oxygen atoms in total. The summed E-state index contributed by atoms with van der Waals surface area (Å²) in [4.78, 5) is 10.5. The predicted octanol–water partition coefficient (Wildman–Crippen LogP) is 2.02. The van der Waals surface area contributed by atoms with Gasteiger partial charge in [-0.15, -0.1) is 0 Å². The molecule has 0 fully saturated rings. The SMILES string of the molecule is Cc1ccc(F)c(NC(C)C(=O)O)c1. The third kappa shape index (κ3) is 2.45. The van der Waals surface area contributed by atoms with Gasteiger partial charge in [0.05, 0.1) is 5.69 Å². The van der Waals surface area contributed by atoms with E-state index < -0.39 is 17.8 Å². The molecule has 4 heteroatoms. The first-order valence-electron chi connectivity index (χ1n) is 4.26. The van der Waals surface area contributed by atoms with Crippen molar-refractivity contribution in [1.82, 2.24) is 0 Å². The molecule has 1 unspecified atom stereocenters. The van der Waals surface area contributed by atoms with Gasteiger partial charge in [0.15, 0.2) is 0 Å². The Balaban J connectivity index is 2.85. The van der Waals surface area contributed by atoms with Crippen molar-refractivity contribution in [3.8, 4) is 0 Å². The summed E-state index contributed by atoms with van der Waals surface area (Å²) in [7, 11) is 0. The van der Waals surface area contributed by atoms with Crippen LogP contribution in [0.4, 0.5) is 10.1 Å². The second kappa shape index (κ2) is 4.09. The minimum absolute atomic E-state index is 0.222. The molecule has 0 aliphatic rings. The first-order valence-corrected chi connectivity index (χ1v) is 4.26. The molecule has 0 saturated carbocycles. The van der Waals surface area contributed by atoms with Gasteiger partial charge in [-0.2, -0.15) is 0 Å². The highest BCUT2D eigenvalue weighted by atomic mass is 19.1.